The zero-order chi connectivity index (χ0) is 12.1. The van der Waals surface area contributed by atoms with Gasteiger partial charge in [-0.25, -0.2) is 4.79 Å². The molecule has 0 N–H and O–H groups in total. The number of carbonyl (C=O) groups is 1. The summed E-state index contributed by atoms with van der Waals surface area (Å²) in [5, 5.41) is 9.08. The van der Waals surface area contributed by atoms with Crippen molar-refractivity contribution in [3.63, 3.8) is 0 Å². The maximum atomic E-state index is 11.8. The first kappa shape index (κ1) is 12.3. The van der Waals surface area contributed by atoms with Gasteiger partial charge >= 0.3 is 5.97 Å². The number of esters is 1. The lowest BCUT2D eigenvalue weighted by atomic mass is 9.96. The molecule has 0 spiro atoms. The first-order valence-electron chi connectivity index (χ1n) is 5.35. The molecule has 0 aliphatic rings. The van der Waals surface area contributed by atoms with Gasteiger partial charge in [-0.1, -0.05) is 19.1 Å². The molecule has 0 fully saturated rings. The third-order valence-electron chi connectivity index (χ3n) is 2.47. The van der Waals surface area contributed by atoms with Gasteiger partial charge in [0.05, 0.1) is 17.7 Å². The quantitative estimate of drug-likeness (QED) is 0.731. The van der Waals surface area contributed by atoms with Crippen molar-refractivity contribution in [1.82, 2.24) is 0 Å². The van der Waals surface area contributed by atoms with E-state index in [1.165, 1.54) is 0 Å². The molecule has 0 unspecified atom stereocenters. The molecular formula is C13H15NO2. The van der Waals surface area contributed by atoms with Crippen LogP contribution in [-0.2, 0) is 11.2 Å². The van der Waals surface area contributed by atoms with Crippen molar-refractivity contribution in [2.75, 3.05) is 6.61 Å². The van der Waals surface area contributed by atoms with Gasteiger partial charge < -0.3 is 4.74 Å². The fourth-order valence-corrected chi connectivity index (χ4v) is 1.63. The van der Waals surface area contributed by atoms with Crippen LogP contribution in [0, 0.1) is 18.3 Å². The van der Waals surface area contributed by atoms with Crippen LogP contribution in [0.15, 0.2) is 12.1 Å². The number of aryl methyl sites for hydroxylation is 2. The van der Waals surface area contributed by atoms with E-state index in [1.807, 2.05) is 26.0 Å². The molecule has 16 heavy (non-hydrogen) atoms. The van der Waals surface area contributed by atoms with E-state index in [4.69, 9.17) is 10.00 Å². The average molecular weight is 217 g/mol. The van der Waals surface area contributed by atoms with Crippen LogP contribution in [0.2, 0.25) is 0 Å². The molecule has 84 valence electrons. The van der Waals surface area contributed by atoms with Crippen LogP contribution in [0.3, 0.4) is 0 Å². The fraction of sp³-hybridized carbons (Fsp3) is 0.385. The number of rotatable bonds is 3. The van der Waals surface area contributed by atoms with Crippen molar-refractivity contribution < 1.29 is 9.53 Å². The summed E-state index contributed by atoms with van der Waals surface area (Å²) >= 11 is 0. The zero-order valence-corrected chi connectivity index (χ0v) is 9.83. The Hall–Kier alpha value is -1.82. The van der Waals surface area contributed by atoms with Gasteiger partial charge in [-0.15, -0.1) is 0 Å². The molecule has 0 aliphatic heterocycles. The predicted molar refractivity (Wildman–Crippen MR) is 61.2 cm³/mol. The minimum atomic E-state index is -0.403. The topological polar surface area (TPSA) is 50.1 Å². The Bertz CT molecular complexity index is 444. The Balaban J connectivity index is 3.37. The minimum absolute atomic E-state index is 0.320. The summed E-state index contributed by atoms with van der Waals surface area (Å²) in [5.41, 5.74) is 2.52. The highest BCUT2D eigenvalue weighted by atomic mass is 16.5. The van der Waals surface area contributed by atoms with Crippen molar-refractivity contribution in [2.24, 2.45) is 0 Å². The smallest absolute Gasteiger partial charge is 0.339 e. The second-order valence-corrected chi connectivity index (χ2v) is 3.48. The van der Waals surface area contributed by atoms with Crippen molar-refractivity contribution >= 4 is 5.97 Å². The highest BCUT2D eigenvalue weighted by molar-refractivity contribution is 5.94. The van der Waals surface area contributed by atoms with Crippen molar-refractivity contribution in [2.45, 2.75) is 27.2 Å². The SMILES string of the molecule is CCOC(=O)c1c(CC)ccc(C)c1C#N. The number of hydrogen-bond acceptors (Lipinski definition) is 3. The summed E-state index contributed by atoms with van der Waals surface area (Å²) in [5.74, 6) is -0.403. The lowest BCUT2D eigenvalue weighted by molar-refractivity contribution is 0.0524. The lowest BCUT2D eigenvalue weighted by Crippen LogP contribution is -2.11. The molecule has 3 nitrogen and oxygen atoms in total. The Morgan fingerprint density at radius 2 is 2.12 bits per heavy atom. The molecule has 0 heterocycles. The molecular weight excluding hydrogens is 202 g/mol. The molecule has 0 aromatic heterocycles. The maximum absolute atomic E-state index is 11.8. The van der Waals surface area contributed by atoms with Gasteiger partial charge in [0.25, 0.3) is 0 Å². The van der Waals surface area contributed by atoms with E-state index in [1.54, 1.807) is 6.92 Å². The molecule has 0 atom stereocenters. The van der Waals surface area contributed by atoms with Crippen LogP contribution >= 0.6 is 0 Å². The van der Waals surface area contributed by atoms with Gasteiger partial charge in [0, 0.05) is 0 Å². The summed E-state index contributed by atoms with van der Waals surface area (Å²) in [4.78, 5) is 11.8. The molecule has 0 saturated heterocycles. The number of carbonyl (C=O) groups excluding carboxylic acids is 1. The largest absolute Gasteiger partial charge is 0.462 e. The van der Waals surface area contributed by atoms with E-state index >= 15 is 0 Å². The van der Waals surface area contributed by atoms with E-state index in [9.17, 15) is 4.79 Å². The fourth-order valence-electron chi connectivity index (χ4n) is 1.63. The summed E-state index contributed by atoms with van der Waals surface area (Å²) in [6.45, 7) is 5.85. The minimum Gasteiger partial charge on any atom is -0.462 e. The molecule has 3 heteroatoms. The van der Waals surface area contributed by atoms with Crippen LogP contribution in [0.25, 0.3) is 0 Å². The van der Waals surface area contributed by atoms with Crippen LogP contribution in [0.5, 0.6) is 0 Å². The molecule has 1 aromatic carbocycles. The summed E-state index contributed by atoms with van der Waals surface area (Å²) < 4.78 is 4.98. The Morgan fingerprint density at radius 3 is 2.62 bits per heavy atom. The normalized spacial score (nSPS) is 9.62. The number of nitriles is 1. The molecule has 0 amide bonds. The molecule has 0 bridgehead atoms. The molecule has 0 saturated carbocycles. The monoisotopic (exact) mass is 217 g/mol. The van der Waals surface area contributed by atoms with Gasteiger partial charge in [-0.3, -0.25) is 0 Å². The Kier molecular flexibility index (Phi) is 4.07. The second-order valence-electron chi connectivity index (χ2n) is 3.48. The Morgan fingerprint density at radius 1 is 1.44 bits per heavy atom. The molecule has 0 aliphatic carbocycles. The van der Waals surface area contributed by atoms with Gasteiger partial charge in [-0.05, 0) is 31.4 Å². The third-order valence-corrected chi connectivity index (χ3v) is 2.47. The van der Waals surface area contributed by atoms with E-state index < -0.39 is 5.97 Å². The number of nitrogens with zero attached hydrogens (tertiary/aromatic N) is 1. The predicted octanol–water partition coefficient (Wildman–Crippen LogP) is 2.61. The zero-order valence-electron chi connectivity index (χ0n) is 9.83. The summed E-state index contributed by atoms with van der Waals surface area (Å²) in [7, 11) is 0. The van der Waals surface area contributed by atoms with Crippen LogP contribution in [0.4, 0.5) is 0 Å². The van der Waals surface area contributed by atoms with Crippen LogP contribution in [-0.4, -0.2) is 12.6 Å². The molecule has 0 radical (unpaired) electrons. The lowest BCUT2D eigenvalue weighted by Gasteiger charge is -2.10. The van der Waals surface area contributed by atoms with Crippen molar-refractivity contribution in [3.05, 3.63) is 34.4 Å². The van der Waals surface area contributed by atoms with E-state index in [2.05, 4.69) is 6.07 Å². The Labute approximate surface area is 95.7 Å². The van der Waals surface area contributed by atoms with Crippen LogP contribution < -0.4 is 0 Å². The number of ether oxygens (including phenoxy) is 1. The highest BCUT2D eigenvalue weighted by Crippen LogP contribution is 2.20. The first-order valence-corrected chi connectivity index (χ1v) is 5.35. The van der Waals surface area contributed by atoms with E-state index in [0.717, 1.165) is 11.1 Å². The van der Waals surface area contributed by atoms with E-state index in [0.29, 0.717) is 24.2 Å². The second kappa shape index (κ2) is 5.32. The number of benzene rings is 1. The van der Waals surface area contributed by atoms with E-state index in [-0.39, 0.29) is 0 Å². The average Bonchev–Trinajstić information content (AvgIpc) is 2.28. The van der Waals surface area contributed by atoms with Gasteiger partial charge in [-0.2, -0.15) is 5.26 Å². The standard InChI is InChI=1S/C13H15NO2/c1-4-10-7-6-9(3)11(8-14)12(10)13(15)16-5-2/h6-7H,4-5H2,1-3H3. The van der Waals surface area contributed by atoms with Gasteiger partial charge in [0.1, 0.15) is 6.07 Å². The molecule has 1 rings (SSSR count). The van der Waals surface area contributed by atoms with Crippen molar-refractivity contribution in [1.29, 1.82) is 5.26 Å². The number of hydrogen-bond donors (Lipinski definition) is 0. The van der Waals surface area contributed by atoms with Gasteiger partial charge in [0.2, 0.25) is 0 Å². The first-order chi connectivity index (χ1) is 7.65. The summed E-state index contributed by atoms with van der Waals surface area (Å²) in [6.07, 6.45) is 0.711. The third kappa shape index (κ3) is 2.22. The van der Waals surface area contributed by atoms with Crippen LogP contribution in [0.1, 0.15) is 40.9 Å². The maximum Gasteiger partial charge on any atom is 0.339 e. The van der Waals surface area contributed by atoms with Gasteiger partial charge in [0.15, 0.2) is 0 Å². The summed E-state index contributed by atoms with van der Waals surface area (Å²) in [6, 6.07) is 5.82. The highest BCUT2D eigenvalue weighted by Gasteiger charge is 2.18. The molecule has 1 aromatic rings. The van der Waals surface area contributed by atoms with Crippen molar-refractivity contribution in [3.8, 4) is 6.07 Å².